The summed E-state index contributed by atoms with van der Waals surface area (Å²) in [6.45, 7) is 6.16. The smallest absolute Gasteiger partial charge is 0.339 e. The van der Waals surface area contributed by atoms with Crippen molar-refractivity contribution in [2.45, 2.75) is 39.0 Å². The molecule has 5 rings (SSSR count). The van der Waals surface area contributed by atoms with Crippen molar-refractivity contribution in [2.24, 2.45) is 0 Å². The van der Waals surface area contributed by atoms with Gasteiger partial charge in [-0.15, -0.1) is 0 Å². The molecule has 0 N–H and O–H groups in total. The Bertz CT molecular complexity index is 1530. The van der Waals surface area contributed by atoms with Crippen LogP contribution in [-0.4, -0.2) is 23.3 Å². The predicted octanol–water partition coefficient (Wildman–Crippen LogP) is 7.20. The number of esters is 1. The number of carbonyl (C=O) groups excluding carboxylic acids is 2. The molecule has 1 aliphatic carbocycles. The molecule has 4 aromatic rings. The standard InChI is InChI=1S/C32H28FNO3/c1-32(2,3)23-13-8-20(9-14-23)18-22-12-17-26-29(25-6-4-5-7-27(25)34-30(22)26)31(36)37-19-28(35)21-10-15-24(33)16-11-21/h4-11,13-16,18H,12,17,19H2,1-3H3. The first kappa shape index (κ1) is 24.6. The van der Waals surface area contributed by atoms with Gasteiger partial charge in [0.1, 0.15) is 5.82 Å². The molecule has 4 nitrogen and oxygen atoms in total. The van der Waals surface area contributed by atoms with Crippen molar-refractivity contribution in [2.75, 3.05) is 6.61 Å². The van der Waals surface area contributed by atoms with Gasteiger partial charge in [-0.25, -0.2) is 14.2 Å². The average Bonchev–Trinajstić information content (AvgIpc) is 3.27. The molecule has 0 spiro atoms. The number of hydrogen-bond acceptors (Lipinski definition) is 4. The molecule has 186 valence electrons. The van der Waals surface area contributed by atoms with Crippen LogP contribution in [0.15, 0.2) is 72.8 Å². The molecule has 0 saturated carbocycles. The van der Waals surface area contributed by atoms with Crippen LogP contribution in [0.1, 0.15) is 70.3 Å². The number of rotatable bonds is 5. The van der Waals surface area contributed by atoms with Crippen molar-refractivity contribution in [3.8, 4) is 0 Å². The monoisotopic (exact) mass is 493 g/mol. The Morgan fingerprint density at radius 1 is 0.946 bits per heavy atom. The number of Topliss-reactive ketones (excluding diaryl/α,β-unsaturated/α-hetero) is 1. The number of pyridine rings is 1. The van der Waals surface area contributed by atoms with E-state index in [0.717, 1.165) is 28.8 Å². The molecular formula is C32H28FNO3. The first-order chi connectivity index (χ1) is 17.7. The molecule has 37 heavy (non-hydrogen) atoms. The fourth-order valence-electron chi connectivity index (χ4n) is 4.72. The van der Waals surface area contributed by atoms with Gasteiger partial charge in [-0.05, 0) is 76.9 Å². The third-order valence-corrected chi connectivity index (χ3v) is 6.76. The van der Waals surface area contributed by atoms with E-state index >= 15 is 0 Å². The fraction of sp³-hybridized carbons (Fsp3) is 0.219. The lowest BCUT2D eigenvalue weighted by Crippen LogP contribution is -2.16. The second kappa shape index (κ2) is 9.74. The lowest BCUT2D eigenvalue weighted by molar-refractivity contribution is 0.0475. The number of halogens is 1. The maximum atomic E-state index is 13.3. The zero-order valence-electron chi connectivity index (χ0n) is 21.2. The number of carbonyl (C=O) groups is 2. The summed E-state index contributed by atoms with van der Waals surface area (Å²) in [7, 11) is 0. The highest BCUT2D eigenvalue weighted by Gasteiger charge is 2.28. The number of nitrogens with zero attached hydrogens (tertiary/aromatic N) is 1. The van der Waals surface area contributed by atoms with Crippen LogP contribution in [0.5, 0.6) is 0 Å². The Balaban J connectivity index is 1.46. The van der Waals surface area contributed by atoms with Crippen LogP contribution >= 0.6 is 0 Å². The Kier molecular flexibility index (Phi) is 6.46. The Hall–Kier alpha value is -4.12. The van der Waals surface area contributed by atoms with E-state index in [2.05, 4.69) is 51.1 Å². The van der Waals surface area contributed by atoms with Gasteiger partial charge in [0.2, 0.25) is 0 Å². The lowest BCUT2D eigenvalue weighted by atomic mass is 9.86. The Morgan fingerprint density at radius 3 is 2.35 bits per heavy atom. The minimum atomic E-state index is -0.555. The summed E-state index contributed by atoms with van der Waals surface area (Å²) in [6, 6.07) is 21.2. The van der Waals surface area contributed by atoms with Crippen molar-refractivity contribution >= 4 is 34.3 Å². The summed E-state index contributed by atoms with van der Waals surface area (Å²) in [5.41, 5.74) is 6.60. The number of ketones is 1. The highest BCUT2D eigenvalue weighted by molar-refractivity contribution is 6.08. The molecule has 1 heterocycles. The molecule has 0 fully saturated rings. The van der Waals surface area contributed by atoms with Crippen LogP contribution < -0.4 is 0 Å². The predicted molar refractivity (Wildman–Crippen MR) is 144 cm³/mol. The molecule has 0 amide bonds. The highest BCUT2D eigenvalue weighted by atomic mass is 19.1. The van der Waals surface area contributed by atoms with E-state index < -0.39 is 18.4 Å². The lowest BCUT2D eigenvalue weighted by Gasteiger charge is -2.18. The average molecular weight is 494 g/mol. The minimum absolute atomic E-state index is 0.0828. The number of fused-ring (bicyclic) bond motifs is 2. The number of allylic oxidation sites excluding steroid dienone is 1. The second-order valence-corrected chi connectivity index (χ2v) is 10.4. The number of benzene rings is 3. The Labute approximate surface area is 215 Å². The largest absolute Gasteiger partial charge is 0.454 e. The van der Waals surface area contributed by atoms with Crippen LogP contribution in [0, 0.1) is 5.82 Å². The zero-order chi connectivity index (χ0) is 26.2. The van der Waals surface area contributed by atoms with Crippen LogP contribution in [0.2, 0.25) is 0 Å². The van der Waals surface area contributed by atoms with Crippen molar-refractivity contribution < 1.29 is 18.7 Å². The van der Waals surface area contributed by atoms with Crippen LogP contribution in [0.25, 0.3) is 22.6 Å². The number of hydrogen-bond donors (Lipinski definition) is 0. The molecular weight excluding hydrogens is 465 g/mol. The zero-order valence-corrected chi connectivity index (χ0v) is 21.2. The molecule has 0 unspecified atom stereocenters. The van der Waals surface area contributed by atoms with Gasteiger partial charge < -0.3 is 4.74 Å². The van der Waals surface area contributed by atoms with E-state index in [1.807, 2.05) is 24.3 Å². The van der Waals surface area contributed by atoms with Gasteiger partial charge in [-0.2, -0.15) is 0 Å². The fourth-order valence-corrected chi connectivity index (χ4v) is 4.72. The summed E-state index contributed by atoms with van der Waals surface area (Å²) in [6.07, 6.45) is 3.55. The molecule has 0 atom stereocenters. The van der Waals surface area contributed by atoms with Gasteiger partial charge in [-0.3, -0.25) is 4.79 Å². The van der Waals surface area contributed by atoms with Gasteiger partial charge >= 0.3 is 5.97 Å². The van der Waals surface area contributed by atoms with E-state index in [4.69, 9.17) is 9.72 Å². The molecule has 1 aliphatic rings. The number of ether oxygens (including phenoxy) is 1. The summed E-state index contributed by atoms with van der Waals surface area (Å²) < 4.78 is 18.7. The van der Waals surface area contributed by atoms with Crippen molar-refractivity contribution in [3.05, 3.63) is 112 Å². The normalized spacial score (nSPS) is 14.1. The molecule has 5 heteroatoms. The van der Waals surface area contributed by atoms with Crippen LogP contribution in [-0.2, 0) is 16.6 Å². The maximum Gasteiger partial charge on any atom is 0.339 e. The van der Waals surface area contributed by atoms with E-state index in [0.29, 0.717) is 28.5 Å². The van der Waals surface area contributed by atoms with E-state index in [-0.39, 0.29) is 11.2 Å². The summed E-state index contributed by atoms with van der Waals surface area (Å²) in [5, 5.41) is 0.705. The van der Waals surface area contributed by atoms with E-state index in [1.54, 1.807) is 0 Å². The van der Waals surface area contributed by atoms with Crippen molar-refractivity contribution in [1.29, 1.82) is 0 Å². The molecule has 3 aromatic carbocycles. The van der Waals surface area contributed by atoms with Gasteiger partial charge in [0.15, 0.2) is 12.4 Å². The van der Waals surface area contributed by atoms with Crippen molar-refractivity contribution in [3.63, 3.8) is 0 Å². The molecule has 0 bridgehead atoms. The van der Waals surface area contributed by atoms with Gasteiger partial charge in [0, 0.05) is 10.9 Å². The first-order valence-corrected chi connectivity index (χ1v) is 12.4. The van der Waals surface area contributed by atoms with Crippen LogP contribution in [0.4, 0.5) is 4.39 Å². The van der Waals surface area contributed by atoms with Crippen LogP contribution in [0.3, 0.4) is 0 Å². The Morgan fingerprint density at radius 2 is 1.65 bits per heavy atom. The third-order valence-electron chi connectivity index (χ3n) is 6.76. The molecule has 0 saturated heterocycles. The van der Waals surface area contributed by atoms with E-state index in [9.17, 15) is 14.0 Å². The SMILES string of the molecule is CC(C)(C)c1ccc(C=C2CCc3c2nc2ccccc2c3C(=O)OCC(=O)c2ccc(F)cc2)cc1. The first-order valence-electron chi connectivity index (χ1n) is 12.4. The highest BCUT2D eigenvalue weighted by Crippen LogP contribution is 2.38. The van der Waals surface area contributed by atoms with Crippen molar-refractivity contribution in [1.82, 2.24) is 4.98 Å². The quantitative estimate of drug-likeness (QED) is 0.218. The molecule has 1 aromatic heterocycles. The minimum Gasteiger partial charge on any atom is -0.454 e. The topological polar surface area (TPSA) is 56.3 Å². The number of aromatic nitrogens is 1. The summed E-state index contributed by atoms with van der Waals surface area (Å²) >= 11 is 0. The second-order valence-electron chi connectivity index (χ2n) is 10.4. The summed E-state index contributed by atoms with van der Waals surface area (Å²) in [4.78, 5) is 30.7. The van der Waals surface area contributed by atoms with Gasteiger partial charge in [0.25, 0.3) is 0 Å². The van der Waals surface area contributed by atoms with E-state index in [1.165, 1.54) is 29.8 Å². The molecule has 0 aliphatic heterocycles. The third kappa shape index (κ3) is 5.08. The molecule has 0 radical (unpaired) electrons. The maximum absolute atomic E-state index is 13.3. The summed E-state index contributed by atoms with van der Waals surface area (Å²) in [5.74, 6) is -1.37. The van der Waals surface area contributed by atoms with Gasteiger partial charge in [-0.1, -0.05) is 63.2 Å². The number of para-hydroxylation sites is 1. The van der Waals surface area contributed by atoms with Gasteiger partial charge in [0.05, 0.1) is 16.8 Å².